The predicted octanol–water partition coefficient (Wildman–Crippen LogP) is 1.37. The van der Waals surface area contributed by atoms with E-state index in [0.29, 0.717) is 37.8 Å². The molecule has 1 aromatic carbocycles. The number of rotatable bonds is 10. The molecular formula is C14H24N2O4S. The number of nitrogens with one attached hydrogen (secondary N) is 2. The zero-order valence-corrected chi connectivity index (χ0v) is 13.6. The number of likely N-dealkylation sites (N-methyl/N-ethyl adjacent to an activating group) is 1. The Morgan fingerprint density at radius 3 is 2.29 bits per heavy atom. The highest BCUT2D eigenvalue weighted by Crippen LogP contribution is 2.30. The lowest BCUT2D eigenvalue weighted by molar-refractivity contribution is 0.287. The summed E-state index contributed by atoms with van der Waals surface area (Å²) in [6, 6.07) is 4.63. The Morgan fingerprint density at radius 1 is 1.00 bits per heavy atom. The highest BCUT2D eigenvalue weighted by molar-refractivity contribution is 7.89. The number of benzene rings is 1. The highest BCUT2D eigenvalue weighted by atomic mass is 32.2. The average molecular weight is 316 g/mol. The molecule has 0 amide bonds. The van der Waals surface area contributed by atoms with E-state index in [4.69, 9.17) is 9.47 Å². The van der Waals surface area contributed by atoms with Crippen molar-refractivity contribution in [2.45, 2.75) is 25.7 Å². The number of sulfonamides is 1. The molecule has 0 bridgehead atoms. The summed E-state index contributed by atoms with van der Waals surface area (Å²) in [6.07, 6.45) is 0. The molecule has 0 aliphatic rings. The van der Waals surface area contributed by atoms with Gasteiger partial charge in [0, 0.05) is 19.2 Å². The van der Waals surface area contributed by atoms with Gasteiger partial charge in [0.25, 0.3) is 0 Å². The van der Waals surface area contributed by atoms with Gasteiger partial charge in [-0.25, -0.2) is 13.1 Å². The second-order valence-electron chi connectivity index (χ2n) is 4.23. The zero-order valence-electron chi connectivity index (χ0n) is 12.8. The second-order valence-corrected chi connectivity index (χ2v) is 5.99. The standard InChI is InChI=1S/C14H24N2O4S/c1-4-15-9-10-16-21(17,18)12-7-8-13(19-5-2)14(11-12)20-6-3/h7-8,11,15-16H,4-6,9-10H2,1-3H3. The largest absolute Gasteiger partial charge is 0.490 e. The summed E-state index contributed by atoms with van der Waals surface area (Å²) < 4.78 is 37.8. The molecule has 0 saturated carbocycles. The molecule has 0 aliphatic carbocycles. The Labute approximate surface area is 126 Å². The van der Waals surface area contributed by atoms with Crippen LogP contribution in [0.1, 0.15) is 20.8 Å². The SMILES string of the molecule is CCNCCNS(=O)(=O)c1ccc(OCC)c(OCC)c1. The van der Waals surface area contributed by atoms with Crippen molar-refractivity contribution in [3.8, 4) is 11.5 Å². The van der Waals surface area contributed by atoms with Crippen molar-refractivity contribution in [3.05, 3.63) is 18.2 Å². The van der Waals surface area contributed by atoms with E-state index in [1.165, 1.54) is 12.1 Å². The molecule has 0 aliphatic heterocycles. The van der Waals surface area contributed by atoms with Gasteiger partial charge in [0.05, 0.1) is 18.1 Å². The summed E-state index contributed by atoms with van der Waals surface area (Å²) in [6.45, 7) is 8.34. The van der Waals surface area contributed by atoms with Crippen LogP contribution < -0.4 is 19.5 Å². The first kappa shape index (κ1) is 17.7. The molecule has 0 heterocycles. The van der Waals surface area contributed by atoms with Crippen LogP contribution in [0.15, 0.2) is 23.1 Å². The first-order valence-electron chi connectivity index (χ1n) is 7.15. The molecule has 120 valence electrons. The molecule has 7 heteroatoms. The van der Waals surface area contributed by atoms with Crippen LogP contribution in [0.4, 0.5) is 0 Å². The fourth-order valence-corrected chi connectivity index (χ4v) is 2.78. The molecule has 21 heavy (non-hydrogen) atoms. The third kappa shape index (κ3) is 5.53. The molecule has 0 radical (unpaired) electrons. The van der Waals surface area contributed by atoms with Gasteiger partial charge in [-0.05, 0) is 32.5 Å². The molecule has 0 unspecified atom stereocenters. The van der Waals surface area contributed by atoms with Crippen LogP contribution in [0, 0.1) is 0 Å². The molecule has 6 nitrogen and oxygen atoms in total. The Morgan fingerprint density at radius 2 is 1.67 bits per heavy atom. The molecule has 0 fully saturated rings. The second kappa shape index (κ2) is 8.86. The summed E-state index contributed by atoms with van der Waals surface area (Å²) >= 11 is 0. The topological polar surface area (TPSA) is 76.7 Å². The first-order chi connectivity index (χ1) is 10.0. The summed E-state index contributed by atoms with van der Waals surface area (Å²) in [4.78, 5) is 0.172. The Bertz CT molecular complexity index is 532. The first-order valence-corrected chi connectivity index (χ1v) is 8.63. The van der Waals surface area contributed by atoms with E-state index in [-0.39, 0.29) is 4.90 Å². The Balaban J connectivity index is 2.88. The molecule has 1 rings (SSSR count). The Kier molecular flexibility index (Phi) is 7.49. The summed E-state index contributed by atoms with van der Waals surface area (Å²) in [5.41, 5.74) is 0. The van der Waals surface area contributed by atoms with Gasteiger partial charge in [-0.3, -0.25) is 0 Å². The lowest BCUT2D eigenvalue weighted by Crippen LogP contribution is -2.31. The van der Waals surface area contributed by atoms with Crippen LogP contribution in [0.25, 0.3) is 0 Å². The van der Waals surface area contributed by atoms with E-state index in [1.54, 1.807) is 6.07 Å². The van der Waals surface area contributed by atoms with Gasteiger partial charge in [-0.1, -0.05) is 6.92 Å². The molecule has 0 saturated heterocycles. The average Bonchev–Trinajstić information content (AvgIpc) is 2.46. The third-order valence-corrected chi connectivity index (χ3v) is 4.13. The van der Waals surface area contributed by atoms with E-state index < -0.39 is 10.0 Å². The van der Waals surface area contributed by atoms with Crippen molar-refractivity contribution in [1.82, 2.24) is 10.0 Å². The molecule has 0 atom stereocenters. The quantitative estimate of drug-likeness (QED) is 0.638. The number of ether oxygens (including phenoxy) is 2. The van der Waals surface area contributed by atoms with Gasteiger partial charge in [0.1, 0.15) is 0 Å². The predicted molar refractivity (Wildman–Crippen MR) is 82.5 cm³/mol. The van der Waals surface area contributed by atoms with Crippen LogP contribution in [0.3, 0.4) is 0 Å². The normalized spacial score (nSPS) is 11.4. The lowest BCUT2D eigenvalue weighted by atomic mass is 10.3. The van der Waals surface area contributed by atoms with Crippen molar-refractivity contribution in [2.75, 3.05) is 32.8 Å². The summed E-state index contributed by atoms with van der Waals surface area (Å²) in [7, 11) is -3.54. The van der Waals surface area contributed by atoms with Crippen LogP contribution >= 0.6 is 0 Å². The maximum atomic E-state index is 12.2. The van der Waals surface area contributed by atoms with Gasteiger partial charge in [0.2, 0.25) is 10.0 Å². The Hall–Kier alpha value is -1.31. The van der Waals surface area contributed by atoms with Gasteiger partial charge >= 0.3 is 0 Å². The molecule has 0 aromatic heterocycles. The minimum Gasteiger partial charge on any atom is -0.490 e. The summed E-state index contributed by atoms with van der Waals surface area (Å²) in [5.74, 6) is 0.986. The van der Waals surface area contributed by atoms with Gasteiger partial charge in [-0.2, -0.15) is 0 Å². The van der Waals surface area contributed by atoms with Gasteiger partial charge in [-0.15, -0.1) is 0 Å². The third-order valence-electron chi connectivity index (χ3n) is 2.67. The van der Waals surface area contributed by atoms with Crippen LogP contribution in [-0.2, 0) is 10.0 Å². The van der Waals surface area contributed by atoms with Crippen molar-refractivity contribution in [2.24, 2.45) is 0 Å². The molecule has 1 aromatic rings. The van der Waals surface area contributed by atoms with E-state index in [9.17, 15) is 8.42 Å². The number of hydrogen-bond acceptors (Lipinski definition) is 5. The minimum atomic E-state index is -3.54. The van der Waals surface area contributed by atoms with Crippen LogP contribution in [0.5, 0.6) is 11.5 Å². The van der Waals surface area contributed by atoms with Crippen molar-refractivity contribution < 1.29 is 17.9 Å². The van der Waals surface area contributed by atoms with Crippen LogP contribution in [0.2, 0.25) is 0 Å². The minimum absolute atomic E-state index is 0.172. The number of hydrogen-bond donors (Lipinski definition) is 2. The van der Waals surface area contributed by atoms with Crippen molar-refractivity contribution in [1.29, 1.82) is 0 Å². The fourth-order valence-electron chi connectivity index (χ4n) is 1.73. The lowest BCUT2D eigenvalue weighted by Gasteiger charge is -2.13. The van der Waals surface area contributed by atoms with E-state index in [2.05, 4.69) is 10.0 Å². The van der Waals surface area contributed by atoms with Gasteiger partial charge < -0.3 is 14.8 Å². The highest BCUT2D eigenvalue weighted by Gasteiger charge is 2.16. The van der Waals surface area contributed by atoms with Crippen LogP contribution in [-0.4, -0.2) is 41.3 Å². The maximum Gasteiger partial charge on any atom is 0.240 e. The van der Waals surface area contributed by atoms with Crippen molar-refractivity contribution >= 4 is 10.0 Å². The smallest absolute Gasteiger partial charge is 0.240 e. The van der Waals surface area contributed by atoms with Gasteiger partial charge in [0.15, 0.2) is 11.5 Å². The zero-order chi connectivity index (χ0) is 15.7. The maximum absolute atomic E-state index is 12.2. The summed E-state index contributed by atoms with van der Waals surface area (Å²) in [5, 5.41) is 3.06. The van der Waals surface area contributed by atoms with E-state index in [0.717, 1.165) is 6.54 Å². The monoisotopic (exact) mass is 316 g/mol. The molecule has 0 spiro atoms. The van der Waals surface area contributed by atoms with E-state index >= 15 is 0 Å². The molecular weight excluding hydrogens is 292 g/mol. The molecule has 2 N–H and O–H groups in total. The van der Waals surface area contributed by atoms with E-state index in [1.807, 2.05) is 20.8 Å². The van der Waals surface area contributed by atoms with Crippen molar-refractivity contribution in [3.63, 3.8) is 0 Å². The fraction of sp³-hybridized carbons (Fsp3) is 0.571.